The summed E-state index contributed by atoms with van der Waals surface area (Å²) in [7, 11) is 0. The predicted molar refractivity (Wildman–Crippen MR) is 138 cm³/mol. The summed E-state index contributed by atoms with van der Waals surface area (Å²) >= 11 is 1.33. The Morgan fingerprint density at radius 3 is 2.44 bits per heavy atom. The number of carbonyl (C=O) groups is 2. The van der Waals surface area contributed by atoms with Crippen LogP contribution in [0, 0.1) is 0 Å². The van der Waals surface area contributed by atoms with E-state index in [1.54, 1.807) is 12.1 Å². The Labute approximate surface area is 213 Å². The highest BCUT2D eigenvalue weighted by Crippen LogP contribution is 2.29. The molecule has 1 aromatic heterocycles. The van der Waals surface area contributed by atoms with E-state index in [2.05, 4.69) is 21.6 Å². The van der Waals surface area contributed by atoms with E-state index in [0.717, 1.165) is 17.8 Å². The molecule has 0 spiro atoms. The van der Waals surface area contributed by atoms with E-state index < -0.39 is 0 Å². The molecule has 182 valence electrons. The summed E-state index contributed by atoms with van der Waals surface area (Å²) in [6.45, 7) is 0.760. The minimum atomic E-state index is -0.265. The van der Waals surface area contributed by atoms with Gasteiger partial charge in [-0.05, 0) is 42.3 Å². The van der Waals surface area contributed by atoms with Gasteiger partial charge >= 0.3 is 0 Å². The molecule has 0 fully saturated rings. The number of rotatable bonds is 9. The van der Waals surface area contributed by atoms with Gasteiger partial charge in [0.15, 0.2) is 17.6 Å². The zero-order valence-electron chi connectivity index (χ0n) is 19.5. The van der Waals surface area contributed by atoms with E-state index >= 15 is 0 Å². The molecule has 0 saturated carbocycles. The van der Waals surface area contributed by atoms with Crippen LogP contribution in [-0.2, 0) is 22.6 Å². The predicted octanol–water partition coefficient (Wildman–Crippen LogP) is 3.64. The zero-order valence-corrected chi connectivity index (χ0v) is 20.4. The summed E-state index contributed by atoms with van der Waals surface area (Å²) in [4.78, 5) is 27.2. The molecule has 1 aliphatic rings. The van der Waals surface area contributed by atoms with Crippen molar-refractivity contribution < 1.29 is 14.3 Å². The molecule has 4 aromatic rings. The molecule has 2 heterocycles. The first-order chi connectivity index (χ1) is 17.7. The summed E-state index contributed by atoms with van der Waals surface area (Å²) < 4.78 is 7.38. The molecular weight excluding hydrogens is 474 g/mol. The van der Waals surface area contributed by atoms with Gasteiger partial charge in [-0.3, -0.25) is 14.2 Å². The lowest BCUT2D eigenvalue weighted by Crippen LogP contribution is -2.30. The number of ether oxygens (including phenoxy) is 1. The van der Waals surface area contributed by atoms with Crippen molar-refractivity contribution in [3.63, 3.8) is 0 Å². The number of nitrogens with one attached hydrogen (secondary N) is 1. The van der Waals surface area contributed by atoms with Gasteiger partial charge in [-0.15, -0.1) is 10.2 Å². The first-order valence-electron chi connectivity index (χ1n) is 11.6. The monoisotopic (exact) mass is 499 g/mol. The molecule has 0 radical (unpaired) electrons. The highest BCUT2D eigenvalue weighted by molar-refractivity contribution is 7.99. The third-order valence-electron chi connectivity index (χ3n) is 5.78. The second kappa shape index (κ2) is 11.1. The van der Waals surface area contributed by atoms with Crippen LogP contribution in [0.1, 0.15) is 11.4 Å². The number of benzene rings is 3. The molecule has 2 amide bonds. The molecule has 36 heavy (non-hydrogen) atoms. The van der Waals surface area contributed by atoms with Crippen molar-refractivity contribution in [2.75, 3.05) is 23.8 Å². The number of hydrogen-bond donors (Lipinski definition) is 1. The molecule has 3 aromatic carbocycles. The highest BCUT2D eigenvalue weighted by atomic mass is 32.2. The Morgan fingerprint density at radius 2 is 1.64 bits per heavy atom. The molecule has 8 nitrogen and oxygen atoms in total. The van der Waals surface area contributed by atoms with E-state index in [9.17, 15) is 9.59 Å². The van der Waals surface area contributed by atoms with Crippen molar-refractivity contribution in [3.05, 3.63) is 96.3 Å². The van der Waals surface area contributed by atoms with Crippen molar-refractivity contribution in [1.82, 2.24) is 20.1 Å². The number of thioether (sulfide) groups is 1. The summed E-state index contributed by atoms with van der Waals surface area (Å²) in [6.07, 6.45) is 0.866. The average molecular weight is 500 g/mol. The van der Waals surface area contributed by atoms with Gasteiger partial charge in [0.05, 0.1) is 12.3 Å². The molecule has 0 bridgehead atoms. The summed E-state index contributed by atoms with van der Waals surface area (Å²) in [5.41, 5.74) is 3.03. The van der Waals surface area contributed by atoms with Crippen LogP contribution >= 0.6 is 11.8 Å². The number of nitrogens with zero attached hydrogens (tertiary/aromatic N) is 4. The van der Waals surface area contributed by atoms with E-state index in [4.69, 9.17) is 4.74 Å². The second-order valence-electron chi connectivity index (χ2n) is 8.16. The molecule has 5 rings (SSSR count). The number of fused-ring (bicyclic) bond motifs is 1. The molecule has 1 N–H and O–H groups in total. The number of anilines is 1. The van der Waals surface area contributed by atoms with E-state index in [0.29, 0.717) is 23.3 Å². The lowest BCUT2D eigenvalue weighted by Gasteiger charge is -2.17. The minimum absolute atomic E-state index is 0.0282. The van der Waals surface area contributed by atoms with Gasteiger partial charge in [-0.2, -0.15) is 0 Å². The molecule has 1 aliphatic heterocycles. The van der Waals surface area contributed by atoms with Crippen LogP contribution in [0.25, 0.3) is 5.69 Å². The van der Waals surface area contributed by atoms with Gasteiger partial charge in [-0.25, -0.2) is 0 Å². The topological polar surface area (TPSA) is 89.3 Å². The quantitative estimate of drug-likeness (QED) is 0.354. The molecule has 0 aliphatic carbocycles. The third-order valence-corrected chi connectivity index (χ3v) is 6.70. The van der Waals surface area contributed by atoms with Crippen LogP contribution < -0.4 is 15.0 Å². The van der Waals surface area contributed by atoms with Crippen LogP contribution in [0.3, 0.4) is 0 Å². The van der Waals surface area contributed by atoms with Crippen molar-refractivity contribution in [3.8, 4) is 11.4 Å². The van der Waals surface area contributed by atoms with Crippen LogP contribution in [-0.4, -0.2) is 45.5 Å². The normalized spacial score (nSPS) is 12.3. The van der Waals surface area contributed by atoms with E-state index in [-0.39, 0.29) is 30.7 Å². The van der Waals surface area contributed by atoms with Gasteiger partial charge in [0.25, 0.3) is 5.91 Å². The van der Waals surface area contributed by atoms with Crippen molar-refractivity contribution >= 4 is 29.3 Å². The second-order valence-corrected chi connectivity index (χ2v) is 9.10. The van der Waals surface area contributed by atoms with Crippen molar-refractivity contribution in [2.45, 2.75) is 18.1 Å². The Balaban J connectivity index is 1.25. The van der Waals surface area contributed by atoms with Crippen molar-refractivity contribution in [2.24, 2.45) is 0 Å². The Hall–Kier alpha value is -4.11. The SMILES string of the molecule is O=C(COc1ccccc1)NCc1nnc(SCC(=O)N2CCc3ccccc32)n1-c1ccccc1. The molecule has 0 unspecified atom stereocenters. The Bertz CT molecular complexity index is 1340. The van der Waals surface area contributed by atoms with Crippen LogP contribution in [0.2, 0.25) is 0 Å². The Kier molecular flexibility index (Phi) is 7.28. The van der Waals surface area contributed by atoms with Gasteiger partial charge in [0, 0.05) is 17.9 Å². The lowest BCUT2D eigenvalue weighted by molar-refractivity contribution is -0.123. The maximum absolute atomic E-state index is 13.0. The average Bonchev–Trinajstić information content (AvgIpc) is 3.55. The number of amides is 2. The smallest absolute Gasteiger partial charge is 0.258 e. The highest BCUT2D eigenvalue weighted by Gasteiger charge is 2.25. The van der Waals surface area contributed by atoms with Gasteiger partial charge in [0.2, 0.25) is 5.91 Å². The Morgan fingerprint density at radius 1 is 0.917 bits per heavy atom. The molecule has 0 saturated heterocycles. The number of hydrogen-bond acceptors (Lipinski definition) is 6. The molecule has 9 heteroatoms. The maximum atomic E-state index is 13.0. The number of carbonyl (C=O) groups excluding carboxylic acids is 2. The molecular formula is C27H25N5O3S. The van der Waals surface area contributed by atoms with Crippen LogP contribution in [0.4, 0.5) is 5.69 Å². The largest absolute Gasteiger partial charge is 0.484 e. The fourth-order valence-electron chi connectivity index (χ4n) is 4.04. The standard InChI is InChI=1S/C27H25N5O3S/c33-25(18-35-22-12-5-2-6-13-22)28-17-24-29-30-27(32(24)21-10-3-1-4-11-21)36-19-26(34)31-16-15-20-9-7-8-14-23(20)31/h1-14H,15-19H2,(H,28,33). The first-order valence-corrected chi connectivity index (χ1v) is 12.6. The minimum Gasteiger partial charge on any atom is -0.484 e. The summed E-state index contributed by atoms with van der Waals surface area (Å²) in [6, 6.07) is 26.8. The third kappa shape index (κ3) is 5.41. The maximum Gasteiger partial charge on any atom is 0.258 e. The van der Waals surface area contributed by atoms with Gasteiger partial charge in [0.1, 0.15) is 5.75 Å². The summed E-state index contributed by atoms with van der Waals surface area (Å²) in [5, 5.41) is 12.1. The zero-order chi connectivity index (χ0) is 24.7. The summed E-state index contributed by atoms with van der Waals surface area (Å²) in [5.74, 6) is 1.19. The van der Waals surface area contributed by atoms with Crippen LogP contribution in [0.15, 0.2) is 90.1 Å². The van der Waals surface area contributed by atoms with Gasteiger partial charge in [-0.1, -0.05) is 66.4 Å². The molecule has 0 atom stereocenters. The van der Waals surface area contributed by atoms with Gasteiger partial charge < -0.3 is 15.0 Å². The number of aromatic nitrogens is 3. The van der Waals surface area contributed by atoms with E-state index in [1.807, 2.05) is 76.2 Å². The van der Waals surface area contributed by atoms with Crippen molar-refractivity contribution in [1.29, 1.82) is 0 Å². The van der Waals surface area contributed by atoms with Crippen LogP contribution in [0.5, 0.6) is 5.75 Å². The van der Waals surface area contributed by atoms with E-state index in [1.165, 1.54) is 17.3 Å². The first kappa shape index (κ1) is 23.6. The number of para-hydroxylation sites is 3. The lowest BCUT2D eigenvalue weighted by atomic mass is 10.2. The fraction of sp³-hybridized carbons (Fsp3) is 0.185. The fourth-order valence-corrected chi connectivity index (χ4v) is 4.89.